The maximum absolute atomic E-state index is 9.28. The van der Waals surface area contributed by atoms with Crippen molar-refractivity contribution in [2.75, 3.05) is 0 Å². The molecule has 1 N–H and O–H groups in total. The number of aromatic nitrogens is 1. The van der Waals surface area contributed by atoms with Crippen molar-refractivity contribution in [3.05, 3.63) is 47.1 Å². The summed E-state index contributed by atoms with van der Waals surface area (Å²) in [6.07, 6.45) is 1.43. The molecule has 1 heterocycles. The van der Waals surface area contributed by atoms with Crippen LogP contribution in [-0.4, -0.2) is 10.1 Å². The van der Waals surface area contributed by atoms with E-state index in [-0.39, 0.29) is 22.2 Å². The van der Waals surface area contributed by atoms with Gasteiger partial charge in [-0.2, -0.15) is 5.26 Å². The Bertz CT molecular complexity index is 593. The summed E-state index contributed by atoms with van der Waals surface area (Å²) in [4.78, 5) is 3.92. The number of rotatable bonds is 2. The van der Waals surface area contributed by atoms with E-state index in [9.17, 15) is 5.11 Å². The zero-order valence-corrected chi connectivity index (χ0v) is 9.35. The van der Waals surface area contributed by atoms with Gasteiger partial charge in [0.1, 0.15) is 22.6 Å². The number of nitriles is 1. The van der Waals surface area contributed by atoms with E-state index < -0.39 is 0 Å². The molecule has 1 aromatic heterocycles. The molecule has 0 saturated carbocycles. The van der Waals surface area contributed by atoms with Crippen LogP contribution in [0.5, 0.6) is 17.4 Å². The van der Waals surface area contributed by atoms with Gasteiger partial charge in [-0.25, -0.2) is 4.98 Å². The number of phenolic OH excluding ortho intramolecular Hbond substituents is 1. The van der Waals surface area contributed by atoms with Crippen LogP contribution in [-0.2, 0) is 0 Å². The van der Waals surface area contributed by atoms with Gasteiger partial charge >= 0.3 is 0 Å². The Hall–Kier alpha value is -2.25. The molecule has 0 amide bonds. The molecule has 2 rings (SSSR count). The highest BCUT2D eigenvalue weighted by molar-refractivity contribution is 6.33. The van der Waals surface area contributed by atoms with Gasteiger partial charge in [0, 0.05) is 12.3 Å². The predicted octanol–water partition coefficient (Wildman–Crippen LogP) is 3.10. The predicted molar refractivity (Wildman–Crippen MR) is 62.1 cm³/mol. The zero-order valence-electron chi connectivity index (χ0n) is 8.59. The van der Waals surface area contributed by atoms with E-state index in [4.69, 9.17) is 21.6 Å². The van der Waals surface area contributed by atoms with E-state index in [2.05, 4.69) is 4.98 Å². The quantitative estimate of drug-likeness (QED) is 0.884. The summed E-state index contributed by atoms with van der Waals surface area (Å²) in [5.41, 5.74) is 0.289. The second kappa shape index (κ2) is 4.73. The van der Waals surface area contributed by atoms with Crippen LogP contribution in [0.15, 0.2) is 36.5 Å². The lowest BCUT2D eigenvalue weighted by Crippen LogP contribution is -1.90. The van der Waals surface area contributed by atoms with Gasteiger partial charge < -0.3 is 9.84 Å². The van der Waals surface area contributed by atoms with Crippen LogP contribution in [0.2, 0.25) is 5.02 Å². The highest BCUT2D eigenvalue weighted by Gasteiger charge is 2.09. The molecule has 17 heavy (non-hydrogen) atoms. The molecule has 4 nitrogen and oxygen atoms in total. The highest BCUT2D eigenvalue weighted by atomic mass is 35.5. The third-order valence-corrected chi connectivity index (χ3v) is 2.38. The van der Waals surface area contributed by atoms with Gasteiger partial charge in [-0.15, -0.1) is 0 Å². The molecule has 0 aliphatic heterocycles. The number of benzene rings is 1. The number of ether oxygens (including phenoxy) is 1. The topological polar surface area (TPSA) is 66.1 Å². The van der Waals surface area contributed by atoms with Crippen molar-refractivity contribution in [1.82, 2.24) is 4.98 Å². The fourth-order valence-corrected chi connectivity index (χ4v) is 1.43. The third-order valence-electron chi connectivity index (χ3n) is 2.01. The molecule has 1 aromatic carbocycles. The Morgan fingerprint density at radius 3 is 2.88 bits per heavy atom. The molecule has 0 aliphatic carbocycles. The van der Waals surface area contributed by atoms with Gasteiger partial charge in [-0.1, -0.05) is 17.7 Å². The van der Waals surface area contributed by atoms with E-state index in [0.717, 1.165) is 0 Å². The molecule has 84 valence electrons. The van der Waals surface area contributed by atoms with Gasteiger partial charge in [0.25, 0.3) is 0 Å². The first-order valence-corrected chi connectivity index (χ1v) is 5.10. The number of nitrogens with zero attached hydrogens (tertiary/aromatic N) is 2. The lowest BCUT2D eigenvalue weighted by atomic mass is 10.3. The van der Waals surface area contributed by atoms with Gasteiger partial charge in [-0.3, -0.25) is 0 Å². The second-order valence-electron chi connectivity index (χ2n) is 3.19. The smallest absolute Gasteiger partial charge is 0.239 e. The highest BCUT2D eigenvalue weighted by Crippen LogP contribution is 2.30. The fraction of sp³-hybridized carbons (Fsp3) is 0. The van der Waals surface area contributed by atoms with Crippen molar-refractivity contribution in [1.29, 1.82) is 5.26 Å². The van der Waals surface area contributed by atoms with Crippen LogP contribution in [0.25, 0.3) is 0 Å². The summed E-state index contributed by atoms with van der Waals surface area (Å²) in [5.74, 6) is 0.612. The average Bonchev–Trinajstić information content (AvgIpc) is 2.32. The summed E-state index contributed by atoms with van der Waals surface area (Å²) in [5, 5.41) is 18.2. The monoisotopic (exact) mass is 246 g/mol. The van der Waals surface area contributed by atoms with Crippen LogP contribution in [0.4, 0.5) is 0 Å². The second-order valence-corrected chi connectivity index (χ2v) is 3.57. The Kier molecular flexibility index (Phi) is 3.12. The van der Waals surface area contributed by atoms with E-state index in [1.54, 1.807) is 12.1 Å². The maximum atomic E-state index is 9.28. The summed E-state index contributed by atoms with van der Waals surface area (Å²) in [6.45, 7) is 0. The first-order valence-electron chi connectivity index (χ1n) is 4.72. The molecule has 2 aromatic rings. The van der Waals surface area contributed by atoms with Crippen molar-refractivity contribution in [3.8, 4) is 23.4 Å². The minimum Gasteiger partial charge on any atom is -0.508 e. The Labute approximate surface area is 103 Å². The Morgan fingerprint density at radius 1 is 1.35 bits per heavy atom. The van der Waals surface area contributed by atoms with Crippen molar-refractivity contribution in [2.24, 2.45) is 0 Å². The lowest BCUT2D eigenvalue weighted by molar-refractivity contribution is 0.445. The average molecular weight is 247 g/mol. The van der Waals surface area contributed by atoms with Crippen molar-refractivity contribution < 1.29 is 9.84 Å². The van der Waals surface area contributed by atoms with Gasteiger partial charge in [-0.05, 0) is 18.2 Å². The molecule has 0 aliphatic rings. The fourth-order valence-electron chi connectivity index (χ4n) is 1.24. The van der Waals surface area contributed by atoms with E-state index >= 15 is 0 Å². The van der Waals surface area contributed by atoms with E-state index in [1.807, 2.05) is 6.07 Å². The van der Waals surface area contributed by atoms with Crippen molar-refractivity contribution in [2.45, 2.75) is 0 Å². The number of halogens is 1. The van der Waals surface area contributed by atoms with E-state index in [1.165, 1.54) is 24.4 Å². The van der Waals surface area contributed by atoms with Crippen LogP contribution in [0.1, 0.15) is 5.56 Å². The van der Waals surface area contributed by atoms with Crippen LogP contribution in [0.3, 0.4) is 0 Å². The zero-order chi connectivity index (χ0) is 12.3. The van der Waals surface area contributed by atoms with E-state index in [0.29, 0.717) is 5.75 Å². The van der Waals surface area contributed by atoms with Crippen molar-refractivity contribution >= 4 is 11.6 Å². The number of phenols is 1. The van der Waals surface area contributed by atoms with Crippen LogP contribution < -0.4 is 4.74 Å². The molecule has 0 atom stereocenters. The summed E-state index contributed by atoms with van der Waals surface area (Å²) < 4.78 is 5.38. The number of aromatic hydroxyl groups is 1. The third kappa shape index (κ3) is 2.47. The molecule has 5 heteroatoms. The molecular formula is C12H7ClN2O2. The van der Waals surface area contributed by atoms with Gasteiger partial charge in [0.2, 0.25) is 5.88 Å². The molecule has 0 bridgehead atoms. The van der Waals surface area contributed by atoms with Crippen LogP contribution in [0, 0.1) is 11.3 Å². The van der Waals surface area contributed by atoms with Gasteiger partial charge in [0.05, 0.1) is 5.56 Å². The summed E-state index contributed by atoms with van der Waals surface area (Å²) in [7, 11) is 0. The minimum absolute atomic E-state index is 0.0788. The molecular weight excluding hydrogens is 240 g/mol. The first kappa shape index (κ1) is 11.2. The lowest BCUT2D eigenvalue weighted by Gasteiger charge is -2.06. The first-order chi connectivity index (χ1) is 8.20. The molecule has 0 fully saturated rings. The normalized spacial score (nSPS) is 9.65. The number of hydrogen-bond acceptors (Lipinski definition) is 4. The standard InChI is InChI=1S/C12H7ClN2O2/c13-11-8(7-14)4-5-15-12(11)17-10-3-1-2-9(16)6-10/h1-6,16H. The summed E-state index contributed by atoms with van der Waals surface area (Å²) >= 11 is 5.93. The molecule has 0 spiro atoms. The Balaban J connectivity index is 2.34. The SMILES string of the molecule is N#Cc1ccnc(Oc2cccc(O)c2)c1Cl. The van der Waals surface area contributed by atoms with Crippen LogP contribution >= 0.6 is 11.6 Å². The largest absolute Gasteiger partial charge is 0.508 e. The summed E-state index contributed by atoms with van der Waals surface area (Å²) in [6, 6.07) is 9.66. The maximum Gasteiger partial charge on any atom is 0.239 e. The van der Waals surface area contributed by atoms with Gasteiger partial charge in [0.15, 0.2) is 0 Å². The number of pyridine rings is 1. The molecule has 0 saturated heterocycles. The minimum atomic E-state index is 0.0788. The molecule has 0 radical (unpaired) electrons. The molecule has 0 unspecified atom stereocenters. The Morgan fingerprint density at radius 2 is 2.18 bits per heavy atom. The number of hydrogen-bond donors (Lipinski definition) is 1. The van der Waals surface area contributed by atoms with Crippen molar-refractivity contribution in [3.63, 3.8) is 0 Å².